The van der Waals surface area contributed by atoms with Crippen LogP contribution in [0.15, 0.2) is 18.2 Å². The third-order valence-corrected chi connectivity index (χ3v) is 7.63. The monoisotopic (exact) mass is 464 g/mol. The van der Waals surface area contributed by atoms with Crippen LogP contribution >= 0.6 is 0 Å². The molecule has 0 aliphatic carbocycles. The highest BCUT2D eigenvalue weighted by Gasteiger charge is 2.43. The molecule has 1 amide bonds. The van der Waals surface area contributed by atoms with Gasteiger partial charge in [-0.05, 0) is 68.8 Å². The van der Waals surface area contributed by atoms with E-state index in [1.54, 1.807) is 19.2 Å². The van der Waals surface area contributed by atoms with Crippen LogP contribution in [0.4, 0.5) is 18.9 Å². The van der Waals surface area contributed by atoms with Crippen molar-refractivity contribution < 1.29 is 22.7 Å². The summed E-state index contributed by atoms with van der Waals surface area (Å²) in [4.78, 5) is 17.1. The maximum atomic E-state index is 13.5. The molecule has 0 saturated carbocycles. The molecule has 3 aliphatic rings. The zero-order valence-electron chi connectivity index (χ0n) is 18.9. The molecule has 2 atom stereocenters. The number of alkyl halides is 3. The van der Waals surface area contributed by atoms with Gasteiger partial charge in [0.2, 0.25) is 5.91 Å². The lowest BCUT2D eigenvalue weighted by Gasteiger charge is -2.41. The number of nitrogens with one attached hydrogen (secondary N) is 1. The first kappa shape index (κ1) is 23.8. The molecule has 9 heteroatoms. The van der Waals surface area contributed by atoms with E-state index in [1.165, 1.54) is 6.07 Å². The third kappa shape index (κ3) is 5.12. The summed E-state index contributed by atoms with van der Waals surface area (Å²) in [6.45, 7) is 4.52. The van der Waals surface area contributed by atoms with Crippen molar-refractivity contribution in [3.8, 4) is 6.07 Å². The Morgan fingerprint density at radius 2 is 1.85 bits per heavy atom. The molecule has 180 valence electrons. The second-order valence-electron chi connectivity index (χ2n) is 9.35. The minimum atomic E-state index is -4.60. The fraction of sp³-hybridized carbons (Fsp3) is 0.667. The van der Waals surface area contributed by atoms with Crippen LogP contribution in [0.25, 0.3) is 0 Å². The highest BCUT2D eigenvalue weighted by molar-refractivity contribution is 5.80. The first-order valence-electron chi connectivity index (χ1n) is 11.7. The van der Waals surface area contributed by atoms with Crippen molar-refractivity contribution >= 4 is 11.6 Å². The summed E-state index contributed by atoms with van der Waals surface area (Å²) < 4.78 is 45.9. The number of nitriles is 1. The predicted octanol–water partition coefficient (Wildman–Crippen LogP) is 3.27. The lowest BCUT2D eigenvalue weighted by atomic mass is 9.78. The average Bonchev–Trinajstić information content (AvgIpc) is 3.29. The number of carbonyl (C=O) groups excluding carboxylic acids is 1. The molecule has 33 heavy (non-hydrogen) atoms. The van der Waals surface area contributed by atoms with Crippen LogP contribution in [0, 0.1) is 29.1 Å². The zero-order chi connectivity index (χ0) is 23.6. The van der Waals surface area contributed by atoms with Crippen LogP contribution in [0.3, 0.4) is 0 Å². The summed E-state index contributed by atoms with van der Waals surface area (Å²) in [5, 5.41) is 11.8. The Hall–Kier alpha value is -2.31. The van der Waals surface area contributed by atoms with Crippen molar-refractivity contribution in [1.82, 2.24) is 10.2 Å². The first-order chi connectivity index (χ1) is 15.8. The molecular weight excluding hydrogens is 433 g/mol. The van der Waals surface area contributed by atoms with E-state index >= 15 is 0 Å². The second-order valence-corrected chi connectivity index (χ2v) is 9.35. The molecule has 0 bridgehead atoms. The van der Waals surface area contributed by atoms with Gasteiger partial charge in [-0.3, -0.25) is 4.79 Å². The molecule has 0 radical (unpaired) electrons. The number of hydrogen-bond acceptors (Lipinski definition) is 5. The Kier molecular flexibility index (Phi) is 7.15. The summed E-state index contributed by atoms with van der Waals surface area (Å²) >= 11 is 0. The van der Waals surface area contributed by atoms with Crippen molar-refractivity contribution in [2.45, 2.75) is 37.9 Å². The van der Waals surface area contributed by atoms with Crippen molar-refractivity contribution in [1.29, 1.82) is 5.26 Å². The Morgan fingerprint density at radius 1 is 1.15 bits per heavy atom. The first-order valence-corrected chi connectivity index (χ1v) is 11.7. The number of piperidine rings is 1. The van der Waals surface area contributed by atoms with E-state index in [0.29, 0.717) is 30.7 Å². The Bertz CT molecular complexity index is 887. The molecule has 3 aliphatic heterocycles. The minimum absolute atomic E-state index is 0.0564. The van der Waals surface area contributed by atoms with Crippen LogP contribution in [0.2, 0.25) is 0 Å². The molecule has 3 heterocycles. The van der Waals surface area contributed by atoms with E-state index < -0.39 is 11.7 Å². The molecule has 3 fully saturated rings. The van der Waals surface area contributed by atoms with Crippen LogP contribution in [-0.2, 0) is 15.7 Å². The van der Waals surface area contributed by atoms with Gasteiger partial charge in [-0.2, -0.15) is 18.4 Å². The number of rotatable bonds is 4. The van der Waals surface area contributed by atoms with Crippen LogP contribution < -0.4 is 10.2 Å². The molecular formula is C24H31F3N4O2. The number of nitrogens with zero attached hydrogens (tertiary/aromatic N) is 3. The molecule has 2 unspecified atom stereocenters. The number of halogens is 3. The average molecular weight is 465 g/mol. The number of carbonyl (C=O) groups is 1. The number of anilines is 1. The predicted molar refractivity (Wildman–Crippen MR) is 118 cm³/mol. The van der Waals surface area contributed by atoms with Crippen LogP contribution in [-0.4, -0.2) is 63.3 Å². The Morgan fingerprint density at radius 3 is 2.45 bits per heavy atom. The van der Waals surface area contributed by atoms with Gasteiger partial charge in [-0.25, -0.2) is 0 Å². The van der Waals surface area contributed by atoms with Gasteiger partial charge in [0, 0.05) is 45.1 Å². The highest BCUT2D eigenvalue weighted by Crippen LogP contribution is 2.40. The van der Waals surface area contributed by atoms with E-state index in [2.05, 4.69) is 10.2 Å². The van der Waals surface area contributed by atoms with Gasteiger partial charge in [0.1, 0.15) is 0 Å². The smallest absolute Gasteiger partial charge is 0.381 e. The quantitative estimate of drug-likeness (QED) is 0.741. The number of amides is 1. The van der Waals surface area contributed by atoms with Crippen LogP contribution in [0.5, 0.6) is 0 Å². The normalized spacial score (nSPS) is 25.7. The Balaban J connectivity index is 1.49. The molecule has 1 aromatic carbocycles. The molecule has 1 N–H and O–H groups in total. The van der Waals surface area contributed by atoms with Gasteiger partial charge in [0.25, 0.3) is 0 Å². The van der Waals surface area contributed by atoms with E-state index in [0.717, 1.165) is 58.1 Å². The third-order valence-electron chi connectivity index (χ3n) is 7.63. The molecule has 0 aromatic heterocycles. The molecule has 6 nitrogen and oxygen atoms in total. The van der Waals surface area contributed by atoms with Gasteiger partial charge in [-0.1, -0.05) is 0 Å². The van der Waals surface area contributed by atoms with Gasteiger partial charge >= 0.3 is 6.18 Å². The number of benzene rings is 1. The summed E-state index contributed by atoms with van der Waals surface area (Å²) in [7, 11) is 1.61. The van der Waals surface area contributed by atoms with Gasteiger partial charge in [0.05, 0.1) is 23.1 Å². The van der Waals surface area contributed by atoms with Crippen molar-refractivity contribution in [3.63, 3.8) is 0 Å². The maximum Gasteiger partial charge on any atom is 0.417 e. The van der Waals surface area contributed by atoms with Crippen molar-refractivity contribution in [2.75, 3.05) is 51.3 Å². The zero-order valence-corrected chi connectivity index (χ0v) is 18.9. The maximum absolute atomic E-state index is 13.5. The highest BCUT2D eigenvalue weighted by atomic mass is 19.4. The molecule has 1 aromatic rings. The van der Waals surface area contributed by atoms with Crippen LogP contribution in [0.1, 0.15) is 36.8 Å². The van der Waals surface area contributed by atoms with Gasteiger partial charge in [-0.15, -0.1) is 0 Å². The summed E-state index contributed by atoms with van der Waals surface area (Å²) in [5.41, 5.74) is -0.894. The summed E-state index contributed by atoms with van der Waals surface area (Å²) in [6, 6.07) is 6.04. The van der Waals surface area contributed by atoms with Gasteiger partial charge < -0.3 is 19.9 Å². The Labute approximate surface area is 192 Å². The lowest BCUT2D eigenvalue weighted by Crippen LogP contribution is -2.46. The number of likely N-dealkylation sites (tertiary alicyclic amines) is 1. The summed E-state index contributed by atoms with van der Waals surface area (Å²) in [5.74, 6) is 0.124. The van der Waals surface area contributed by atoms with Crippen molar-refractivity contribution in [2.24, 2.45) is 17.8 Å². The number of ether oxygens (including phenoxy) is 1. The standard InChI is InChI=1S/C24H31F3N4O2/c1-29-23(32)21-15-31(19-3-2-17(13-28)22(12-19)24(25,26)27)14-20(21)16-4-8-30(9-5-16)18-6-10-33-11-7-18/h2-3,12,16,18,20-21H,4-11,14-15H2,1H3,(H,29,32). The van der Waals surface area contributed by atoms with E-state index in [1.807, 2.05) is 4.90 Å². The van der Waals surface area contributed by atoms with E-state index in [4.69, 9.17) is 10.00 Å². The summed E-state index contributed by atoms with van der Waals surface area (Å²) in [6.07, 6.45) is -0.502. The second kappa shape index (κ2) is 9.90. The van der Waals surface area contributed by atoms with E-state index in [-0.39, 0.29) is 23.3 Å². The topological polar surface area (TPSA) is 68.6 Å². The largest absolute Gasteiger partial charge is 0.417 e. The molecule has 3 saturated heterocycles. The van der Waals surface area contributed by atoms with E-state index in [9.17, 15) is 18.0 Å². The number of hydrogen-bond donors (Lipinski definition) is 1. The lowest BCUT2D eigenvalue weighted by molar-refractivity contribution is -0.137. The molecule has 0 spiro atoms. The minimum Gasteiger partial charge on any atom is -0.381 e. The van der Waals surface area contributed by atoms with Crippen molar-refractivity contribution in [3.05, 3.63) is 29.3 Å². The fourth-order valence-electron chi connectivity index (χ4n) is 5.80. The SMILES string of the molecule is CNC(=O)C1CN(c2ccc(C#N)c(C(F)(F)F)c2)CC1C1CCN(C2CCOCC2)CC1. The molecule has 4 rings (SSSR count). The van der Waals surface area contributed by atoms with Gasteiger partial charge in [0.15, 0.2) is 0 Å². The fourth-order valence-corrected chi connectivity index (χ4v) is 5.80.